The van der Waals surface area contributed by atoms with Crippen LogP contribution in [0.4, 0.5) is 0 Å². The number of aliphatic hydroxyl groups excluding tert-OH is 1. The van der Waals surface area contributed by atoms with Crippen LogP contribution in [0.15, 0.2) is 36.4 Å². The molecule has 1 rings (SSSR count). The Labute approximate surface area is 85.1 Å². The maximum atomic E-state index is 9.56. The summed E-state index contributed by atoms with van der Waals surface area (Å²) >= 11 is 0. The highest BCUT2D eigenvalue weighted by atomic mass is 16.3. The summed E-state index contributed by atoms with van der Waals surface area (Å²) < 4.78 is 0. The molecule has 0 fully saturated rings. The van der Waals surface area contributed by atoms with Crippen LogP contribution >= 0.6 is 0 Å². The number of benzene rings is 1. The molecule has 1 nitrogen and oxygen atoms in total. The molecule has 0 amide bonds. The van der Waals surface area contributed by atoms with E-state index in [2.05, 4.69) is 12.5 Å². The van der Waals surface area contributed by atoms with E-state index in [1.165, 1.54) is 0 Å². The van der Waals surface area contributed by atoms with Gasteiger partial charge in [0.2, 0.25) is 0 Å². The lowest BCUT2D eigenvalue weighted by atomic mass is 9.98. The normalized spacial score (nSPS) is 11.8. The van der Waals surface area contributed by atoms with Crippen LogP contribution in [0, 0.1) is 12.3 Å². The highest BCUT2D eigenvalue weighted by Gasteiger charge is 2.08. The van der Waals surface area contributed by atoms with Gasteiger partial charge in [0.1, 0.15) is 6.10 Å². The lowest BCUT2D eigenvalue weighted by Crippen LogP contribution is -2.00. The summed E-state index contributed by atoms with van der Waals surface area (Å²) in [6.45, 7) is 5.80. The average Bonchev–Trinajstić information content (AvgIpc) is 2.16. The quantitative estimate of drug-likeness (QED) is 0.568. The van der Waals surface area contributed by atoms with Crippen LogP contribution in [0.25, 0.3) is 0 Å². The second-order valence-electron chi connectivity index (χ2n) is 3.40. The van der Waals surface area contributed by atoms with Crippen LogP contribution in [0.5, 0.6) is 0 Å². The average molecular weight is 186 g/mol. The van der Waals surface area contributed by atoms with Crippen LogP contribution in [-0.2, 0) is 6.42 Å². The van der Waals surface area contributed by atoms with E-state index in [-0.39, 0.29) is 0 Å². The van der Waals surface area contributed by atoms with Gasteiger partial charge in [-0.25, -0.2) is 0 Å². The van der Waals surface area contributed by atoms with Crippen molar-refractivity contribution in [2.45, 2.75) is 19.4 Å². The van der Waals surface area contributed by atoms with Crippen molar-refractivity contribution in [2.24, 2.45) is 0 Å². The predicted octanol–water partition coefficient (Wildman–Crippen LogP) is 2.47. The van der Waals surface area contributed by atoms with E-state index < -0.39 is 6.10 Å². The highest BCUT2D eigenvalue weighted by Crippen LogP contribution is 2.19. The fraction of sp³-hybridized carbons (Fsp3) is 0.231. The Hall–Kier alpha value is -1.52. The molecule has 1 aromatic rings. The number of rotatable bonds is 3. The first-order valence-corrected chi connectivity index (χ1v) is 4.51. The Balaban J connectivity index is 3.04. The third-order valence-electron chi connectivity index (χ3n) is 2.00. The molecule has 0 aromatic heterocycles. The topological polar surface area (TPSA) is 20.2 Å². The molecule has 1 atom stereocenters. The standard InChI is InChI=1S/C13H14O/c1-4-13(14)12-8-6-5-7-11(12)9-10(2)3/h1,5-8,13-14H,2,9H2,3H3. The van der Waals surface area contributed by atoms with Crippen molar-refractivity contribution in [3.8, 4) is 12.3 Å². The van der Waals surface area contributed by atoms with E-state index in [0.717, 1.165) is 23.1 Å². The Bertz CT molecular complexity index is 371. The van der Waals surface area contributed by atoms with Gasteiger partial charge in [-0.2, -0.15) is 0 Å². The molecular weight excluding hydrogens is 172 g/mol. The first-order chi connectivity index (χ1) is 6.65. The number of aliphatic hydroxyl groups is 1. The van der Waals surface area contributed by atoms with Crippen molar-refractivity contribution in [3.05, 3.63) is 47.5 Å². The Morgan fingerprint density at radius 2 is 2.21 bits per heavy atom. The number of terminal acetylenes is 1. The zero-order chi connectivity index (χ0) is 10.6. The molecule has 0 aliphatic carbocycles. The van der Waals surface area contributed by atoms with E-state index in [9.17, 15) is 5.11 Å². The molecular formula is C13H14O. The van der Waals surface area contributed by atoms with Crippen LogP contribution in [-0.4, -0.2) is 5.11 Å². The molecule has 0 radical (unpaired) electrons. The van der Waals surface area contributed by atoms with Crippen molar-refractivity contribution >= 4 is 0 Å². The van der Waals surface area contributed by atoms with Crippen molar-refractivity contribution in [3.63, 3.8) is 0 Å². The summed E-state index contributed by atoms with van der Waals surface area (Å²) in [5.41, 5.74) is 2.91. The van der Waals surface area contributed by atoms with E-state index in [1.54, 1.807) is 0 Å². The molecule has 1 unspecified atom stereocenters. The van der Waals surface area contributed by atoms with Crippen LogP contribution < -0.4 is 0 Å². The highest BCUT2D eigenvalue weighted by molar-refractivity contribution is 5.34. The zero-order valence-electron chi connectivity index (χ0n) is 8.33. The van der Waals surface area contributed by atoms with Gasteiger partial charge >= 0.3 is 0 Å². The monoisotopic (exact) mass is 186 g/mol. The SMILES string of the molecule is C#CC(O)c1ccccc1CC(=C)C. The van der Waals surface area contributed by atoms with Crippen LogP contribution in [0.2, 0.25) is 0 Å². The molecule has 0 aliphatic heterocycles. The van der Waals surface area contributed by atoms with E-state index in [4.69, 9.17) is 6.42 Å². The maximum absolute atomic E-state index is 9.56. The van der Waals surface area contributed by atoms with Crippen molar-refractivity contribution < 1.29 is 5.11 Å². The Morgan fingerprint density at radius 3 is 2.79 bits per heavy atom. The molecule has 14 heavy (non-hydrogen) atoms. The van der Waals surface area contributed by atoms with Gasteiger partial charge in [0.15, 0.2) is 0 Å². The van der Waals surface area contributed by atoms with E-state index >= 15 is 0 Å². The summed E-state index contributed by atoms with van der Waals surface area (Å²) in [5, 5.41) is 9.56. The van der Waals surface area contributed by atoms with Gasteiger partial charge in [-0.3, -0.25) is 0 Å². The Kier molecular flexibility index (Phi) is 3.50. The minimum Gasteiger partial charge on any atom is -0.376 e. The van der Waals surface area contributed by atoms with Gasteiger partial charge in [-0.15, -0.1) is 6.42 Å². The molecule has 72 valence electrons. The molecule has 0 aliphatic rings. The molecule has 0 spiro atoms. The lowest BCUT2D eigenvalue weighted by molar-refractivity contribution is 0.237. The molecule has 0 bridgehead atoms. The Morgan fingerprint density at radius 1 is 1.57 bits per heavy atom. The molecule has 1 N–H and O–H groups in total. The summed E-state index contributed by atoms with van der Waals surface area (Å²) in [7, 11) is 0. The smallest absolute Gasteiger partial charge is 0.140 e. The van der Waals surface area contributed by atoms with Gasteiger partial charge in [0, 0.05) is 0 Å². The minimum atomic E-state index is -0.814. The second-order valence-corrected chi connectivity index (χ2v) is 3.40. The fourth-order valence-electron chi connectivity index (χ4n) is 1.38. The molecule has 1 heteroatoms. The van der Waals surface area contributed by atoms with Gasteiger partial charge in [-0.1, -0.05) is 42.3 Å². The summed E-state index contributed by atoms with van der Waals surface area (Å²) in [4.78, 5) is 0. The minimum absolute atomic E-state index is 0.759. The molecule has 0 saturated heterocycles. The van der Waals surface area contributed by atoms with Gasteiger partial charge < -0.3 is 5.11 Å². The largest absolute Gasteiger partial charge is 0.376 e. The lowest BCUT2D eigenvalue weighted by Gasteiger charge is -2.10. The summed E-state index contributed by atoms with van der Waals surface area (Å²) in [5.74, 6) is 2.32. The van der Waals surface area contributed by atoms with Crippen LogP contribution in [0.3, 0.4) is 0 Å². The molecule has 1 aromatic carbocycles. The third kappa shape index (κ3) is 2.48. The molecule has 0 saturated carbocycles. The van der Waals surface area contributed by atoms with Gasteiger partial charge in [0.25, 0.3) is 0 Å². The van der Waals surface area contributed by atoms with Gasteiger partial charge in [0.05, 0.1) is 0 Å². The summed E-state index contributed by atoms with van der Waals surface area (Å²) in [6, 6.07) is 7.62. The predicted molar refractivity (Wildman–Crippen MR) is 58.8 cm³/mol. The number of hydrogen-bond acceptors (Lipinski definition) is 1. The van der Waals surface area contributed by atoms with Crippen molar-refractivity contribution in [1.82, 2.24) is 0 Å². The first-order valence-electron chi connectivity index (χ1n) is 4.51. The van der Waals surface area contributed by atoms with Crippen molar-refractivity contribution in [2.75, 3.05) is 0 Å². The van der Waals surface area contributed by atoms with Crippen LogP contribution in [0.1, 0.15) is 24.2 Å². The third-order valence-corrected chi connectivity index (χ3v) is 2.00. The van der Waals surface area contributed by atoms with E-state index in [0.29, 0.717) is 0 Å². The van der Waals surface area contributed by atoms with E-state index in [1.807, 2.05) is 31.2 Å². The fourth-order valence-corrected chi connectivity index (χ4v) is 1.38. The first kappa shape index (κ1) is 10.6. The zero-order valence-corrected chi connectivity index (χ0v) is 8.33. The number of allylic oxidation sites excluding steroid dienone is 1. The maximum Gasteiger partial charge on any atom is 0.140 e. The number of hydrogen-bond donors (Lipinski definition) is 1. The molecule has 0 heterocycles. The van der Waals surface area contributed by atoms with Crippen molar-refractivity contribution in [1.29, 1.82) is 0 Å². The van der Waals surface area contributed by atoms with Gasteiger partial charge in [-0.05, 0) is 24.5 Å². The second kappa shape index (κ2) is 4.64. The summed E-state index contributed by atoms with van der Waals surface area (Å²) in [6.07, 6.45) is 5.13.